The van der Waals surface area contributed by atoms with Gasteiger partial charge < -0.3 is 30.1 Å². The van der Waals surface area contributed by atoms with E-state index in [4.69, 9.17) is 14.6 Å². The van der Waals surface area contributed by atoms with E-state index in [9.17, 15) is 39.0 Å². The average molecular weight is 688 g/mol. The molecule has 0 aromatic carbocycles. The van der Waals surface area contributed by atoms with Gasteiger partial charge in [0.1, 0.15) is 12.1 Å². The van der Waals surface area contributed by atoms with E-state index in [0.29, 0.717) is 0 Å². The summed E-state index contributed by atoms with van der Waals surface area (Å²) in [6.07, 6.45) is 9.35. The summed E-state index contributed by atoms with van der Waals surface area (Å²) < 4.78 is 11.2. The molecular weight excluding hydrogens is 646 g/mol. The molecule has 48 heavy (non-hydrogen) atoms. The summed E-state index contributed by atoms with van der Waals surface area (Å²) in [7, 11) is 0. The number of Topliss-reactive ketones (excluding diaryl/α,β-unsaturated/α-hetero) is 2. The molecule has 11 atom stereocenters. The van der Waals surface area contributed by atoms with Gasteiger partial charge in [-0.1, -0.05) is 56.4 Å². The lowest BCUT2D eigenvalue weighted by atomic mass is 9.43. The van der Waals surface area contributed by atoms with Crippen molar-refractivity contribution in [2.45, 2.75) is 64.9 Å². The number of ether oxygens (including phenoxy) is 2. The number of carboxylic acid groups (broad SMARTS) is 2. The number of carbonyl (C=O) groups excluding carboxylic acids is 5. The highest BCUT2D eigenvalue weighted by Gasteiger charge is 2.74. The Hall–Kier alpha value is -4.04. The molecule has 4 aliphatic rings. The van der Waals surface area contributed by atoms with Crippen LogP contribution in [0.15, 0.2) is 48.6 Å². The molecule has 1 spiro atoms. The van der Waals surface area contributed by atoms with Gasteiger partial charge in [0.25, 0.3) is 0 Å². The summed E-state index contributed by atoms with van der Waals surface area (Å²) in [5.74, 6) is -9.15. The first-order chi connectivity index (χ1) is 22.6. The van der Waals surface area contributed by atoms with Crippen molar-refractivity contribution in [2.75, 3.05) is 11.5 Å². The number of hydrogen-bond donors (Lipinski definition) is 4. The summed E-state index contributed by atoms with van der Waals surface area (Å²) >= 11 is 0.978. The fourth-order valence-corrected chi connectivity index (χ4v) is 8.84. The molecule has 1 saturated heterocycles. The molecule has 0 radical (unpaired) electrons. The van der Waals surface area contributed by atoms with Crippen LogP contribution in [-0.2, 0) is 43.0 Å². The highest BCUT2D eigenvalue weighted by atomic mass is 32.2. The van der Waals surface area contributed by atoms with Gasteiger partial charge >= 0.3 is 23.9 Å². The van der Waals surface area contributed by atoms with Crippen LogP contribution in [0.4, 0.5) is 0 Å². The molecule has 4 rings (SSSR count). The van der Waals surface area contributed by atoms with Crippen LogP contribution >= 0.6 is 11.8 Å². The van der Waals surface area contributed by atoms with Crippen molar-refractivity contribution in [3.8, 4) is 0 Å². The number of hydrogen-bond acceptors (Lipinski definition) is 11. The van der Waals surface area contributed by atoms with Crippen molar-refractivity contribution in [1.82, 2.24) is 5.32 Å². The van der Waals surface area contributed by atoms with E-state index >= 15 is 4.79 Å². The minimum atomic E-state index is -2.25. The number of aliphatic hydroxyl groups is 1. The van der Waals surface area contributed by atoms with E-state index in [-0.39, 0.29) is 24.3 Å². The predicted molar refractivity (Wildman–Crippen MR) is 171 cm³/mol. The normalized spacial score (nSPS) is 36.6. The Balaban J connectivity index is 1.72. The van der Waals surface area contributed by atoms with Crippen molar-refractivity contribution in [3.63, 3.8) is 0 Å². The first-order valence-electron chi connectivity index (χ1n) is 15.7. The van der Waals surface area contributed by atoms with Crippen LogP contribution in [0.2, 0.25) is 0 Å². The third kappa shape index (κ3) is 6.77. The number of thioether (sulfide) groups is 1. The molecule has 14 heteroatoms. The maximum absolute atomic E-state index is 15.1. The Bertz CT molecular complexity index is 1480. The van der Waals surface area contributed by atoms with Gasteiger partial charge in [0.05, 0.1) is 6.10 Å². The number of cyclic esters (lactones) is 1. The molecule has 1 heterocycles. The lowest BCUT2D eigenvalue weighted by Crippen LogP contribution is -2.66. The van der Waals surface area contributed by atoms with Crippen LogP contribution in [-0.4, -0.2) is 92.5 Å². The predicted octanol–water partition coefficient (Wildman–Crippen LogP) is 1.89. The van der Waals surface area contributed by atoms with Crippen molar-refractivity contribution in [1.29, 1.82) is 0 Å². The second-order valence-electron chi connectivity index (χ2n) is 13.0. The van der Waals surface area contributed by atoms with Crippen LogP contribution in [0.25, 0.3) is 0 Å². The molecule has 0 bridgehead atoms. The number of rotatable bonds is 11. The molecule has 1 aliphatic heterocycles. The maximum Gasteiger partial charge on any atom is 0.328 e. The third-order valence-electron chi connectivity index (χ3n) is 10.2. The number of amides is 1. The van der Waals surface area contributed by atoms with E-state index in [0.717, 1.165) is 17.8 Å². The number of carboxylic acids is 2. The van der Waals surface area contributed by atoms with Gasteiger partial charge in [-0.3, -0.25) is 24.0 Å². The summed E-state index contributed by atoms with van der Waals surface area (Å²) in [6.45, 7) is 5.90. The van der Waals surface area contributed by atoms with Crippen LogP contribution in [0, 0.1) is 40.4 Å². The van der Waals surface area contributed by atoms with Crippen molar-refractivity contribution in [3.05, 3.63) is 48.6 Å². The monoisotopic (exact) mass is 687 g/mol. The van der Waals surface area contributed by atoms with Gasteiger partial charge in [0.15, 0.2) is 23.1 Å². The molecule has 260 valence electrons. The first kappa shape index (κ1) is 36.8. The average Bonchev–Trinajstić information content (AvgIpc) is 3.25. The molecular formula is C34H41NO12S. The quantitative estimate of drug-likeness (QED) is 0.0805. The van der Waals surface area contributed by atoms with Crippen LogP contribution in [0.3, 0.4) is 0 Å². The summed E-state index contributed by atoms with van der Waals surface area (Å²) in [4.78, 5) is 89.2. The Morgan fingerprint density at radius 2 is 1.77 bits per heavy atom. The summed E-state index contributed by atoms with van der Waals surface area (Å²) in [6, 6.07) is -1.25. The van der Waals surface area contributed by atoms with E-state index in [1.807, 2.05) is 12.2 Å². The minimum Gasteiger partial charge on any atom is -0.480 e. The highest BCUT2D eigenvalue weighted by molar-refractivity contribution is 7.99. The van der Waals surface area contributed by atoms with Gasteiger partial charge in [-0.05, 0) is 24.7 Å². The fraction of sp³-hybridized carbons (Fsp3) is 0.559. The molecule has 0 aromatic rings. The fourth-order valence-electron chi connectivity index (χ4n) is 7.81. The highest BCUT2D eigenvalue weighted by Crippen LogP contribution is 2.62. The van der Waals surface area contributed by atoms with Gasteiger partial charge in [-0.25, -0.2) is 9.59 Å². The molecule has 1 amide bonds. The standard InChI is InChI=1S/C34H41NO12S/c1-17-25(46-19(3)37)14-23-22(28(17)40)12-11-20-13-21(9-7-5-6-8-10-27(38)39)34(31(44)33(20,23)4)29(41)26(47-32(34)45)16-48-15-24(30(42)43)35-18(2)36/h5-12,17,20-26,28,40H,13-16H2,1-4H3,(H,35,36)(H,38,39)(H,42,43)/b6-5-,9-7-,10-8+/t17-,20-,21+,22+,23-,24+,25+,26-,28+,33-,34-/m0/s1. The maximum atomic E-state index is 15.1. The van der Waals surface area contributed by atoms with Gasteiger partial charge in [0.2, 0.25) is 5.91 Å². The van der Waals surface area contributed by atoms with E-state index < -0.39 is 106 Å². The molecule has 2 saturated carbocycles. The molecule has 3 aliphatic carbocycles. The van der Waals surface area contributed by atoms with E-state index in [2.05, 4.69) is 5.32 Å². The van der Waals surface area contributed by atoms with Crippen molar-refractivity contribution >= 4 is 53.1 Å². The second-order valence-corrected chi connectivity index (χ2v) is 14.1. The second kappa shape index (κ2) is 14.6. The SMILES string of the molecule is CC(=O)N[C@H](CSC[C@@H]1OC(=O)[C@@]2(C1=O)C(=O)[C@@]1(C)[C@@H](C=C[C@H]3[C@H](O)[C@@H](C)[C@H](OC(C)=O)C[C@@H]31)C[C@H]2\C=C/C=C\C=C\C(=O)O)C(=O)O. The van der Waals surface area contributed by atoms with Crippen molar-refractivity contribution < 1.29 is 58.4 Å². The molecule has 4 N–H and O–H groups in total. The zero-order chi connectivity index (χ0) is 35.6. The summed E-state index contributed by atoms with van der Waals surface area (Å²) in [5, 5.41) is 31.9. The van der Waals surface area contributed by atoms with Crippen LogP contribution in [0.5, 0.6) is 0 Å². The lowest BCUT2D eigenvalue weighted by Gasteiger charge is -2.58. The number of esters is 2. The third-order valence-corrected chi connectivity index (χ3v) is 11.3. The van der Waals surface area contributed by atoms with Gasteiger partial charge in [-0.2, -0.15) is 11.8 Å². The Labute approximate surface area is 281 Å². The summed E-state index contributed by atoms with van der Waals surface area (Å²) in [5.41, 5.74) is -3.58. The van der Waals surface area contributed by atoms with Gasteiger partial charge in [-0.15, -0.1) is 0 Å². The Morgan fingerprint density at radius 3 is 2.40 bits per heavy atom. The first-order valence-corrected chi connectivity index (χ1v) is 16.9. The number of nitrogens with one attached hydrogen (secondary N) is 1. The smallest absolute Gasteiger partial charge is 0.328 e. The number of allylic oxidation sites excluding steroid dienone is 6. The zero-order valence-electron chi connectivity index (χ0n) is 27.1. The Kier molecular flexibility index (Phi) is 11.2. The molecule has 0 aromatic heterocycles. The number of aliphatic hydroxyl groups excluding tert-OH is 1. The largest absolute Gasteiger partial charge is 0.480 e. The van der Waals surface area contributed by atoms with Crippen LogP contribution < -0.4 is 5.32 Å². The van der Waals surface area contributed by atoms with E-state index in [1.165, 1.54) is 38.2 Å². The molecule has 0 unspecified atom stereocenters. The topological polar surface area (TPSA) is 211 Å². The molecule has 13 nitrogen and oxygen atoms in total. The number of carbonyl (C=O) groups is 7. The molecule has 3 fully saturated rings. The number of ketones is 2. The van der Waals surface area contributed by atoms with Crippen molar-refractivity contribution in [2.24, 2.45) is 40.4 Å². The number of aliphatic carboxylic acids is 2. The number of fused-ring (bicyclic) bond motifs is 3. The van der Waals surface area contributed by atoms with Gasteiger partial charge in [0, 0.05) is 54.6 Å². The lowest BCUT2D eigenvalue weighted by molar-refractivity contribution is -0.180. The Morgan fingerprint density at radius 1 is 1.08 bits per heavy atom. The van der Waals surface area contributed by atoms with Crippen LogP contribution in [0.1, 0.15) is 40.5 Å². The zero-order valence-corrected chi connectivity index (χ0v) is 27.9. The minimum absolute atomic E-state index is 0.128. The van der Waals surface area contributed by atoms with E-state index in [1.54, 1.807) is 19.9 Å².